The SMILES string of the molecule is C#Cc1cccc(-c2cc(=O)n(C)c3ccc([C@](O[P+](O)(O)O)(c4ccc(Cl)cc4)c4cncn4C)cc23)c1. The van der Waals surface area contributed by atoms with E-state index in [0.29, 0.717) is 43.9 Å². The van der Waals surface area contributed by atoms with Crippen molar-refractivity contribution in [2.75, 3.05) is 0 Å². The Morgan fingerprint density at radius 2 is 1.72 bits per heavy atom. The second kappa shape index (κ2) is 10.1. The van der Waals surface area contributed by atoms with Gasteiger partial charge in [-0.2, -0.15) is 14.7 Å². The molecule has 0 fully saturated rings. The van der Waals surface area contributed by atoms with E-state index in [2.05, 4.69) is 10.9 Å². The maximum atomic E-state index is 12.9. The number of halogens is 1. The number of aryl methyl sites for hydroxylation is 2. The van der Waals surface area contributed by atoms with E-state index in [-0.39, 0.29) is 5.56 Å². The Hall–Kier alpha value is -3.80. The third-order valence-corrected chi connectivity index (χ3v) is 7.45. The van der Waals surface area contributed by atoms with Crippen LogP contribution in [-0.2, 0) is 24.2 Å². The van der Waals surface area contributed by atoms with Gasteiger partial charge in [-0.3, -0.25) is 4.79 Å². The highest BCUT2D eigenvalue weighted by atomic mass is 35.5. The van der Waals surface area contributed by atoms with Gasteiger partial charge in [-0.15, -0.1) is 10.9 Å². The third kappa shape index (κ3) is 4.88. The molecule has 1 atom stereocenters. The number of imidazole rings is 1. The highest BCUT2D eigenvalue weighted by Gasteiger charge is 2.53. The van der Waals surface area contributed by atoms with Gasteiger partial charge in [-0.25, -0.2) is 4.98 Å². The molecule has 8 nitrogen and oxygen atoms in total. The zero-order valence-corrected chi connectivity index (χ0v) is 22.6. The molecule has 0 aliphatic heterocycles. The number of nitrogens with zero attached hydrogens (tertiary/aromatic N) is 3. The first-order chi connectivity index (χ1) is 18.5. The van der Waals surface area contributed by atoms with Crippen LogP contribution in [0, 0.1) is 12.3 Å². The van der Waals surface area contributed by atoms with Crippen LogP contribution < -0.4 is 5.56 Å². The summed E-state index contributed by atoms with van der Waals surface area (Å²) >= 11 is 6.17. The lowest BCUT2D eigenvalue weighted by atomic mass is 9.82. The fourth-order valence-electron chi connectivity index (χ4n) is 4.87. The zero-order chi connectivity index (χ0) is 27.9. The van der Waals surface area contributed by atoms with Gasteiger partial charge in [0, 0.05) is 36.1 Å². The molecule has 3 N–H and O–H groups in total. The molecule has 0 saturated carbocycles. The summed E-state index contributed by atoms with van der Waals surface area (Å²) in [5.41, 5.74) is 2.00. The second-order valence-electron chi connectivity index (χ2n) is 9.09. The molecule has 5 rings (SSSR count). The lowest BCUT2D eigenvalue weighted by molar-refractivity contribution is 0.0685. The highest BCUT2D eigenvalue weighted by molar-refractivity contribution is 7.53. The number of aromatic nitrogens is 3. The number of terminal acetylenes is 1. The van der Waals surface area contributed by atoms with Crippen molar-refractivity contribution in [3.63, 3.8) is 0 Å². The van der Waals surface area contributed by atoms with Crippen molar-refractivity contribution in [3.05, 3.63) is 123 Å². The van der Waals surface area contributed by atoms with Crippen molar-refractivity contribution in [1.29, 1.82) is 0 Å². The van der Waals surface area contributed by atoms with Gasteiger partial charge in [0.25, 0.3) is 5.56 Å². The summed E-state index contributed by atoms with van der Waals surface area (Å²) in [5.74, 6) is 2.62. The molecule has 5 aromatic rings. The van der Waals surface area contributed by atoms with Gasteiger partial charge < -0.3 is 9.13 Å². The quantitative estimate of drug-likeness (QED) is 0.208. The second-order valence-corrected chi connectivity index (χ2v) is 10.7. The molecule has 10 heteroatoms. The first kappa shape index (κ1) is 26.8. The van der Waals surface area contributed by atoms with E-state index in [1.165, 1.54) is 23.2 Å². The minimum atomic E-state index is -4.85. The molecule has 3 aromatic carbocycles. The van der Waals surface area contributed by atoms with E-state index >= 15 is 0 Å². The highest BCUT2D eigenvalue weighted by Crippen LogP contribution is 2.57. The normalized spacial score (nSPS) is 13.3. The largest absolute Gasteiger partial charge is 0.569 e. The number of rotatable bonds is 6. The van der Waals surface area contributed by atoms with Crippen molar-refractivity contribution in [3.8, 4) is 23.5 Å². The first-order valence-corrected chi connectivity index (χ1v) is 13.7. The van der Waals surface area contributed by atoms with Gasteiger partial charge in [0.2, 0.25) is 5.60 Å². The molecule has 0 unspecified atom stereocenters. The van der Waals surface area contributed by atoms with Crippen molar-refractivity contribution in [2.45, 2.75) is 5.60 Å². The van der Waals surface area contributed by atoms with Crippen LogP contribution >= 0.6 is 19.8 Å². The lowest BCUT2D eigenvalue weighted by Crippen LogP contribution is -2.35. The molecule has 0 saturated heterocycles. The van der Waals surface area contributed by atoms with Gasteiger partial charge in [0.15, 0.2) is 0 Å². The standard InChI is InChI=1S/C29H24ClN3O5P/c1-4-19-6-5-7-20(14-19)24-16-28(34)33(3)26-13-10-22(15-25(24)26)29(38-39(35,36)37,27-17-31-18-32(27)2)21-8-11-23(30)12-9-21/h1,5-18,35-37H,2-3H3/q+1/t29-/m1/s1. The summed E-state index contributed by atoms with van der Waals surface area (Å²) in [6.45, 7) is 0. The molecular formula is C29H24ClN3O5P+. The van der Waals surface area contributed by atoms with E-state index in [1.807, 2.05) is 18.2 Å². The smallest absolute Gasteiger partial charge is 0.334 e. The Kier molecular flexibility index (Phi) is 6.91. The van der Waals surface area contributed by atoms with Crippen LogP contribution in [0.15, 0.2) is 90.1 Å². The predicted molar refractivity (Wildman–Crippen MR) is 152 cm³/mol. The summed E-state index contributed by atoms with van der Waals surface area (Å²) in [7, 11) is -1.46. The maximum absolute atomic E-state index is 12.9. The Balaban J connectivity index is 1.90. The number of benzene rings is 3. The van der Waals surface area contributed by atoms with Crippen LogP contribution in [0.4, 0.5) is 0 Å². The molecule has 0 bridgehead atoms. The Bertz CT molecular complexity index is 1800. The lowest BCUT2D eigenvalue weighted by Gasteiger charge is -2.32. The molecular weight excluding hydrogens is 537 g/mol. The van der Waals surface area contributed by atoms with Crippen molar-refractivity contribution < 1.29 is 19.2 Å². The summed E-state index contributed by atoms with van der Waals surface area (Å²) < 4.78 is 9.00. The molecule has 2 aromatic heterocycles. The Labute approximate surface area is 230 Å². The predicted octanol–water partition coefficient (Wildman–Crippen LogP) is 4.54. The van der Waals surface area contributed by atoms with Crippen LogP contribution in [0.3, 0.4) is 0 Å². The van der Waals surface area contributed by atoms with E-state index < -0.39 is 13.8 Å². The Morgan fingerprint density at radius 1 is 1.00 bits per heavy atom. The molecule has 0 radical (unpaired) electrons. The van der Waals surface area contributed by atoms with E-state index in [1.54, 1.807) is 67.2 Å². The van der Waals surface area contributed by atoms with Crippen LogP contribution in [0.1, 0.15) is 22.4 Å². The summed E-state index contributed by atoms with van der Waals surface area (Å²) in [5, 5.41) is 1.13. The van der Waals surface area contributed by atoms with Crippen molar-refractivity contribution in [1.82, 2.24) is 14.1 Å². The topological polar surface area (TPSA) is 110 Å². The number of pyridine rings is 1. The van der Waals surface area contributed by atoms with Crippen LogP contribution in [-0.4, -0.2) is 28.8 Å². The third-order valence-electron chi connectivity index (χ3n) is 6.68. The minimum Gasteiger partial charge on any atom is -0.334 e. The fourth-order valence-corrected chi connectivity index (χ4v) is 5.67. The summed E-state index contributed by atoms with van der Waals surface area (Å²) in [6, 6.07) is 20.7. The van der Waals surface area contributed by atoms with Gasteiger partial charge in [-0.1, -0.05) is 47.9 Å². The van der Waals surface area contributed by atoms with E-state index in [0.717, 1.165) is 5.56 Å². The van der Waals surface area contributed by atoms with Crippen LogP contribution in [0.5, 0.6) is 0 Å². The molecule has 0 aliphatic rings. The van der Waals surface area contributed by atoms with Gasteiger partial charge in [0.05, 0.1) is 23.7 Å². The fraction of sp³-hybridized carbons (Fsp3) is 0.103. The minimum absolute atomic E-state index is 0.214. The van der Waals surface area contributed by atoms with Crippen molar-refractivity contribution >= 4 is 30.7 Å². The molecule has 0 aliphatic carbocycles. The molecule has 0 spiro atoms. The summed E-state index contributed by atoms with van der Waals surface area (Å²) in [6.07, 6.45) is 8.69. The summed E-state index contributed by atoms with van der Waals surface area (Å²) in [4.78, 5) is 48.0. The number of hydrogen-bond donors (Lipinski definition) is 3. The van der Waals surface area contributed by atoms with Gasteiger partial charge in [-0.05, 0) is 58.7 Å². The average Bonchev–Trinajstić information content (AvgIpc) is 3.35. The molecule has 196 valence electrons. The van der Waals surface area contributed by atoms with E-state index in [4.69, 9.17) is 22.5 Å². The number of fused-ring (bicyclic) bond motifs is 1. The number of hydrogen-bond acceptors (Lipinski definition) is 6. The average molecular weight is 561 g/mol. The monoisotopic (exact) mass is 560 g/mol. The zero-order valence-electron chi connectivity index (χ0n) is 21.0. The molecule has 0 amide bonds. The molecule has 39 heavy (non-hydrogen) atoms. The van der Waals surface area contributed by atoms with Crippen LogP contribution in [0.2, 0.25) is 5.02 Å². The van der Waals surface area contributed by atoms with Crippen LogP contribution in [0.25, 0.3) is 22.0 Å². The molecule has 2 heterocycles. The first-order valence-electron chi connectivity index (χ1n) is 11.8. The van der Waals surface area contributed by atoms with Gasteiger partial charge >= 0.3 is 8.17 Å². The maximum Gasteiger partial charge on any atom is 0.569 e. The Morgan fingerprint density at radius 3 is 2.36 bits per heavy atom. The van der Waals surface area contributed by atoms with Gasteiger partial charge in [0.1, 0.15) is 0 Å². The van der Waals surface area contributed by atoms with Crippen molar-refractivity contribution in [2.24, 2.45) is 14.1 Å². The van der Waals surface area contributed by atoms with E-state index in [9.17, 15) is 19.5 Å².